The molecule has 2 aliphatic rings. The summed E-state index contributed by atoms with van der Waals surface area (Å²) in [5, 5.41) is 20.6. The van der Waals surface area contributed by atoms with E-state index in [0.29, 0.717) is 8.84 Å². The van der Waals surface area contributed by atoms with Gasteiger partial charge >= 0.3 is 0 Å². The standard InChI is InChI=1S/C20H29IO2/c1-2-19(11-12-19)9-3-5-15-7-8-16(18(23)17(15)22)6-4-10-20(21)13-14-20/h7-8,22-23H,2-6,9-14H2,1H3. The molecule has 2 saturated carbocycles. The van der Waals surface area contributed by atoms with E-state index in [1.165, 1.54) is 44.9 Å². The second-order valence-corrected chi connectivity index (χ2v) is 10.1. The Morgan fingerprint density at radius 2 is 1.43 bits per heavy atom. The number of phenolic OH excluding ortho intramolecular Hbond substituents is 2. The van der Waals surface area contributed by atoms with E-state index in [1.54, 1.807) is 0 Å². The lowest BCUT2D eigenvalue weighted by Gasteiger charge is -2.14. The molecule has 0 unspecified atom stereocenters. The molecule has 0 heterocycles. The summed E-state index contributed by atoms with van der Waals surface area (Å²) in [4.78, 5) is 0. The van der Waals surface area contributed by atoms with Gasteiger partial charge in [-0.05, 0) is 80.8 Å². The Labute approximate surface area is 153 Å². The van der Waals surface area contributed by atoms with Crippen LogP contribution in [-0.4, -0.2) is 13.6 Å². The molecule has 2 nitrogen and oxygen atoms in total. The topological polar surface area (TPSA) is 40.5 Å². The van der Waals surface area contributed by atoms with E-state index in [0.717, 1.165) is 36.8 Å². The van der Waals surface area contributed by atoms with Gasteiger partial charge in [0.25, 0.3) is 0 Å². The highest BCUT2D eigenvalue weighted by Crippen LogP contribution is 2.52. The average Bonchev–Trinajstić information content (AvgIpc) is 3.45. The van der Waals surface area contributed by atoms with Crippen molar-refractivity contribution in [2.24, 2.45) is 5.41 Å². The Balaban J connectivity index is 1.52. The van der Waals surface area contributed by atoms with Crippen LogP contribution in [0.15, 0.2) is 12.1 Å². The van der Waals surface area contributed by atoms with Gasteiger partial charge in [0.05, 0.1) is 0 Å². The van der Waals surface area contributed by atoms with Gasteiger partial charge in [-0.1, -0.05) is 48.1 Å². The fraction of sp³-hybridized carbons (Fsp3) is 0.700. The number of rotatable bonds is 9. The maximum atomic E-state index is 10.3. The number of hydrogen-bond donors (Lipinski definition) is 2. The highest BCUT2D eigenvalue weighted by atomic mass is 127. The van der Waals surface area contributed by atoms with Gasteiger partial charge in [-0.15, -0.1) is 0 Å². The minimum Gasteiger partial charge on any atom is -0.504 e. The van der Waals surface area contributed by atoms with Crippen LogP contribution in [0.5, 0.6) is 11.5 Å². The summed E-state index contributed by atoms with van der Waals surface area (Å²) in [6, 6.07) is 4.04. The Hall–Kier alpha value is -0.450. The minimum atomic E-state index is 0.123. The number of hydrogen-bond acceptors (Lipinski definition) is 2. The Morgan fingerprint density at radius 1 is 0.913 bits per heavy atom. The summed E-state index contributed by atoms with van der Waals surface area (Å²) >= 11 is 2.57. The van der Waals surface area contributed by atoms with Crippen LogP contribution < -0.4 is 0 Å². The molecule has 0 aromatic heterocycles. The van der Waals surface area contributed by atoms with Crippen molar-refractivity contribution >= 4 is 22.6 Å². The molecule has 0 bridgehead atoms. The van der Waals surface area contributed by atoms with Crippen LogP contribution in [0.1, 0.15) is 75.8 Å². The molecule has 1 aromatic carbocycles. The second kappa shape index (κ2) is 6.81. The van der Waals surface area contributed by atoms with Crippen LogP contribution in [0.4, 0.5) is 0 Å². The molecule has 2 aliphatic carbocycles. The van der Waals surface area contributed by atoms with Gasteiger partial charge in [0, 0.05) is 3.42 Å². The van der Waals surface area contributed by atoms with Crippen molar-refractivity contribution in [1.29, 1.82) is 0 Å². The van der Waals surface area contributed by atoms with Gasteiger partial charge < -0.3 is 10.2 Å². The Bertz CT molecular complexity index is 559. The van der Waals surface area contributed by atoms with Gasteiger partial charge in [-0.3, -0.25) is 0 Å². The fourth-order valence-electron chi connectivity index (χ4n) is 3.66. The third kappa shape index (κ3) is 4.34. The van der Waals surface area contributed by atoms with Crippen LogP contribution >= 0.6 is 22.6 Å². The van der Waals surface area contributed by atoms with Gasteiger partial charge in [-0.2, -0.15) is 0 Å². The van der Waals surface area contributed by atoms with Crippen LogP contribution in [0, 0.1) is 5.41 Å². The molecule has 0 amide bonds. The zero-order chi connectivity index (χ0) is 16.5. The van der Waals surface area contributed by atoms with Crippen LogP contribution in [-0.2, 0) is 12.8 Å². The SMILES string of the molecule is CCC1(CCCc2ccc(CCCC3(I)CC3)c(O)c2O)CC1. The molecule has 3 rings (SSSR count). The number of aromatic hydroxyl groups is 2. The quantitative estimate of drug-likeness (QED) is 0.292. The largest absolute Gasteiger partial charge is 0.504 e. The smallest absolute Gasteiger partial charge is 0.160 e. The molecule has 0 aliphatic heterocycles. The van der Waals surface area contributed by atoms with E-state index in [-0.39, 0.29) is 11.5 Å². The van der Waals surface area contributed by atoms with E-state index >= 15 is 0 Å². The third-order valence-electron chi connectivity index (χ3n) is 6.04. The predicted octanol–water partition coefficient (Wildman–Crippen LogP) is 5.90. The van der Waals surface area contributed by atoms with Gasteiger partial charge in [0.1, 0.15) is 0 Å². The highest BCUT2D eigenvalue weighted by Gasteiger charge is 2.39. The molecule has 23 heavy (non-hydrogen) atoms. The fourth-order valence-corrected chi connectivity index (χ4v) is 4.31. The number of benzene rings is 1. The lowest BCUT2D eigenvalue weighted by atomic mass is 9.93. The summed E-state index contributed by atoms with van der Waals surface area (Å²) in [6.07, 6.45) is 13.1. The highest BCUT2D eigenvalue weighted by molar-refractivity contribution is 14.1. The summed E-state index contributed by atoms with van der Waals surface area (Å²) in [5.41, 5.74) is 2.42. The molecule has 1 aromatic rings. The van der Waals surface area contributed by atoms with Crippen LogP contribution in [0.2, 0.25) is 0 Å². The molecule has 2 N–H and O–H groups in total. The van der Waals surface area contributed by atoms with Crippen molar-refractivity contribution in [1.82, 2.24) is 0 Å². The van der Waals surface area contributed by atoms with E-state index in [1.807, 2.05) is 12.1 Å². The van der Waals surface area contributed by atoms with E-state index < -0.39 is 0 Å². The molecule has 0 spiro atoms. The minimum absolute atomic E-state index is 0.123. The third-order valence-corrected chi connectivity index (χ3v) is 7.66. The molecular formula is C20H29IO2. The summed E-state index contributed by atoms with van der Waals surface area (Å²) < 4.78 is 0.535. The zero-order valence-corrected chi connectivity index (χ0v) is 16.4. The van der Waals surface area contributed by atoms with Crippen molar-refractivity contribution in [3.8, 4) is 11.5 Å². The number of halogens is 1. The lowest BCUT2D eigenvalue weighted by Crippen LogP contribution is -2.00. The molecule has 0 radical (unpaired) electrons. The zero-order valence-electron chi connectivity index (χ0n) is 14.2. The van der Waals surface area contributed by atoms with Crippen LogP contribution in [0.25, 0.3) is 0 Å². The van der Waals surface area contributed by atoms with E-state index in [4.69, 9.17) is 0 Å². The average molecular weight is 428 g/mol. The number of aryl methyl sites for hydroxylation is 2. The van der Waals surface area contributed by atoms with Crippen LogP contribution in [0.3, 0.4) is 0 Å². The summed E-state index contributed by atoms with van der Waals surface area (Å²) in [7, 11) is 0. The van der Waals surface area contributed by atoms with Crippen molar-refractivity contribution in [2.45, 2.75) is 81.0 Å². The summed E-state index contributed by atoms with van der Waals surface area (Å²) in [6.45, 7) is 2.28. The first-order valence-corrected chi connectivity index (χ1v) is 10.3. The van der Waals surface area contributed by atoms with Gasteiger partial charge in [0.2, 0.25) is 0 Å². The predicted molar refractivity (Wildman–Crippen MR) is 104 cm³/mol. The normalized spacial score (nSPS) is 20.4. The lowest BCUT2D eigenvalue weighted by molar-refractivity contribution is 0.390. The number of phenols is 2. The molecular weight excluding hydrogens is 399 g/mol. The maximum Gasteiger partial charge on any atom is 0.160 e. The molecule has 3 heteroatoms. The van der Waals surface area contributed by atoms with E-state index in [9.17, 15) is 10.2 Å². The molecule has 128 valence electrons. The van der Waals surface area contributed by atoms with Crippen molar-refractivity contribution in [2.75, 3.05) is 0 Å². The first-order chi connectivity index (χ1) is 11.0. The first kappa shape index (κ1) is 17.4. The van der Waals surface area contributed by atoms with Crippen molar-refractivity contribution in [3.63, 3.8) is 0 Å². The Morgan fingerprint density at radius 3 is 1.87 bits per heavy atom. The van der Waals surface area contributed by atoms with E-state index in [2.05, 4.69) is 29.5 Å². The maximum absolute atomic E-state index is 10.3. The Kier molecular flexibility index (Phi) is 5.15. The molecule has 2 fully saturated rings. The number of alkyl halides is 1. The summed E-state index contributed by atoms with van der Waals surface area (Å²) in [5.74, 6) is 0.247. The second-order valence-electron chi connectivity index (χ2n) is 7.79. The van der Waals surface area contributed by atoms with Gasteiger partial charge in [0.15, 0.2) is 11.5 Å². The molecule has 0 saturated heterocycles. The monoisotopic (exact) mass is 428 g/mol. The van der Waals surface area contributed by atoms with Crippen molar-refractivity contribution < 1.29 is 10.2 Å². The van der Waals surface area contributed by atoms with Crippen molar-refractivity contribution in [3.05, 3.63) is 23.3 Å². The van der Waals surface area contributed by atoms with Gasteiger partial charge in [-0.25, -0.2) is 0 Å². The first-order valence-electron chi connectivity index (χ1n) is 9.19. The molecule has 0 atom stereocenters.